The summed E-state index contributed by atoms with van der Waals surface area (Å²) in [5.74, 6) is 0.0234. The van der Waals surface area contributed by atoms with Crippen LogP contribution in [0.1, 0.15) is 35.8 Å². The summed E-state index contributed by atoms with van der Waals surface area (Å²) in [6, 6.07) is 1.59. The average Bonchev–Trinajstić information content (AvgIpc) is 2.74. The second-order valence-electron chi connectivity index (χ2n) is 7.18. The number of fused-ring (bicyclic) bond motifs is 1. The maximum Gasteiger partial charge on any atom is 0.256 e. The lowest BCUT2D eigenvalue weighted by Gasteiger charge is -2.35. The van der Waals surface area contributed by atoms with Crippen molar-refractivity contribution in [3.8, 4) is 11.1 Å². The van der Waals surface area contributed by atoms with Crippen molar-refractivity contribution in [1.29, 1.82) is 0 Å². The van der Waals surface area contributed by atoms with E-state index in [2.05, 4.69) is 21.8 Å². The standard InChI is InChI=1S/C20H25N5O2/c1-2-23-7-9-24(10-8-23)20(27)19-16(15-12-21-14-22-13-15)11-18(26)25-6-4-3-5-17(19)25/h11-14H,2-10H2,1H3. The molecular formula is C20H25N5O2. The van der Waals surface area contributed by atoms with E-state index in [1.54, 1.807) is 23.0 Å². The predicted molar refractivity (Wildman–Crippen MR) is 103 cm³/mol. The summed E-state index contributed by atoms with van der Waals surface area (Å²) in [7, 11) is 0. The molecule has 1 amide bonds. The number of hydrogen-bond acceptors (Lipinski definition) is 5. The van der Waals surface area contributed by atoms with Crippen LogP contribution in [0.2, 0.25) is 0 Å². The average molecular weight is 367 g/mol. The summed E-state index contributed by atoms with van der Waals surface area (Å²) in [6.45, 7) is 7.05. The van der Waals surface area contributed by atoms with Gasteiger partial charge in [-0.15, -0.1) is 0 Å². The fraction of sp³-hybridized carbons (Fsp3) is 0.500. The van der Waals surface area contributed by atoms with Gasteiger partial charge in [0, 0.05) is 68.0 Å². The molecule has 0 saturated carbocycles. The third-order valence-electron chi connectivity index (χ3n) is 5.66. The number of hydrogen-bond donors (Lipinski definition) is 0. The Labute approximate surface area is 158 Å². The summed E-state index contributed by atoms with van der Waals surface area (Å²) in [4.78, 5) is 38.6. The molecule has 0 aromatic carbocycles. The van der Waals surface area contributed by atoms with Crippen LogP contribution in [0.25, 0.3) is 11.1 Å². The first-order valence-electron chi connectivity index (χ1n) is 9.72. The van der Waals surface area contributed by atoms with Gasteiger partial charge in [-0.25, -0.2) is 9.97 Å². The van der Waals surface area contributed by atoms with Crippen LogP contribution in [-0.2, 0) is 13.0 Å². The highest BCUT2D eigenvalue weighted by molar-refractivity contribution is 6.02. The molecule has 1 saturated heterocycles. The molecule has 2 aliphatic heterocycles. The number of rotatable bonds is 3. The number of carbonyl (C=O) groups is 1. The highest BCUT2D eigenvalue weighted by Crippen LogP contribution is 2.28. The number of pyridine rings is 1. The molecular weight excluding hydrogens is 342 g/mol. The summed E-state index contributed by atoms with van der Waals surface area (Å²) < 4.78 is 1.78. The van der Waals surface area contributed by atoms with E-state index in [1.807, 2.05) is 4.90 Å². The minimum Gasteiger partial charge on any atom is -0.336 e. The largest absolute Gasteiger partial charge is 0.336 e. The zero-order valence-electron chi connectivity index (χ0n) is 15.7. The van der Waals surface area contributed by atoms with Gasteiger partial charge in [0.15, 0.2) is 0 Å². The monoisotopic (exact) mass is 367 g/mol. The van der Waals surface area contributed by atoms with E-state index in [1.165, 1.54) is 6.33 Å². The number of piperazine rings is 1. The van der Waals surface area contributed by atoms with E-state index >= 15 is 0 Å². The fourth-order valence-corrected chi connectivity index (χ4v) is 4.09. The van der Waals surface area contributed by atoms with Crippen molar-refractivity contribution in [3.63, 3.8) is 0 Å². The van der Waals surface area contributed by atoms with Crippen molar-refractivity contribution in [2.45, 2.75) is 32.7 Å². The van der Waals surface area contributed by atoms with Crippen molar-refractivity contribution < 1.29 is 4.79 Å². The molecule has 2 aliphatic rings. The Kier molecular flexibility index (Phi) is 5.03. The van der Waals surface area contributed by atoms with Gasteiger partial charge in [-0.2, -0.15) is 0 Å². The Bertz CT molecular complexity index is 885. The number of aromatic nitrogens is 3. The van der Waals surface area contributed by atoms with E-state index in [4.69, 9.17) is 0 Å². The van der Waals surface area contributed by atoms with Crippen molar-refractivity contribution in [3.05, 3.63) is 46.4 Å². The van der Waals surface area contributed by atoms with Crippen LogP contribution >= 0.6 is 0 Å². The van der Waals surface area contributed by atoms with Crippen LogP contribution in [0.4, 0.5) is 0 Å². The van der Waals surface area contributed by atoms with Gasteiger partial charge < -0.3 is 14.4 Å². The maximum atomic E-state index is 13.5. The van der Waals surface area contributed by atoms with Crippen LogP contribution in [0, 0.1) is 0 Å². The quantitative estimate of drug-likeness (QED) is 0.820. The Morgan fingerprint density at radius 3 is 2.52 bits per heavy atom. The second kappa shape index (κ2) is 7.60. The van der Waals surface area contributed by atoms with E-state index < -0.39 is 0 Å². The summed E-state index contributed by atoms with van der Waals surface area (Å²) in [6.07, 6.45) is 7.54. The Morgan fingerprint density at radius 1 is 1.07 bits per heavy atom. The maximum absolute atomic E-state index is 13.5. The molecule has 0 bridgehead atoms. The van der Waals surface area contributed by atoms with Gasteiger partial charge in [0.1, 0.15) is 6.33 Å². The first-order valence-corrected chi connectivity index (χ1v) is 9.72. The lowest BCUT2D eigenvalue weighted by atomic mass is 9.94. The molecule has 0 spiro atoms. The normalized spacial score (nSPS) is 17.6. The van der Waals surface area contributed by atoms with Crippen LogP contribution in [0.5, 0.6) is 0 Å². The zero-order chi connectivity index (χ0) is 18.8. The van der Waals surface area contributed by atoms with Gasteiger partial charge in [-0.05, 0) is 25.8 Å². The van der Waals surface area contributed by atoms with Crippen LogP contribution in [0.3, 0.4) is 0 Å². The highest BCUT2D eigenvalue weighted by atomic mass is 16.2. The van der Waals surface area contributed by atoms with Gasteiger partial charge in [0.25, 0.3) is 11.5 Å². The summed E-state index contributed by atoms with van der Waals surface area (Å²) in [5.41, 5.74) is 2.87. The van der Waals surface area contributed by atoms with Crippen LogP contribution < -0.4 is 5.56 Å². The molecule has 0 radical (unpaired) electrons. The number of likely N-dealkylation sites (N-methyl/N-ethyl adjacent to an activating group) is 1. The molecule has 2 aromatic heterocycles. The van der Waals surface area contributed by atoms with Gasteiger partial charge in [0.05, 0.1) is 5.56 Å². The lowest BCUT2D eigenvalue weighted by molar-refractivity contribution is 0.0641. The van der Waals surface area contributed by atoms with Crippen LogP contribution in [0.15, 0.2) is 29.6 Å². The van der Waals surface area contributed by atoms with Crippen molar-refractivity contribution in [2.75, 3.05) is 32.7 Å². The Hall–Kier alpha value is -2.54. The third kappa shape index (κ3) is 3.39. The summed E-state index contributed by atoms with van der Waals surface area (Å²) in [5, 5.41) is 0. The SMILES string of the molecule is CCN1CCN(C(=O)c2c(-c3cncnc3)cc(=O)n3c2CCCC3)CC1. The minimum absolute atomic E-state index is 0.0234. The number of amides is 1. The first kappa shape index (κ1) is 17.9. The molecule has 0 N–H and O–H groups in total. The zero-order valence-corrected chi connectivity index (χ0v) is 15.7. The van der Waals surface area contributed by atoms with Crippen molar-refractivity contribution >= 4 is 5.91 Å². The van der Waals surface area contributed by atoms with E-state index in [0.29, 0.717) is 17.7 Å². The molecule has 4 heterocycles. The van der Waals surface area contributed by atoms with Gasteiger partial charge in [-0.3, -0.25) is 9.59 Å². The molecule has 27 heavy (non-hydrogen) atoms. The molecule has 2 aromatic rings. The number of nitrogens with zero attached hydrogens (tertiary/aromatic N) is 5. The molecule has 0 aliphatic carbocycles. The van der Waals surface area contributed by atoms with Crippen molar-refractivity contribution in [2.24, 2.45) is 0 Å². The molecule has 142 valence electrons. The molecule has 4 rings (SSSR count). The highest BCUT2D eigenvalue weighted by Gasteiger charge is 2.29. The van der Waals surface area contributed by atoms with Crippen molar-refractivity contribution in [1.82, 2.24) is 24.3 Å². The summed E-state index contributed by atoms with van der Waals surface area (Å²) >= 11 is 0. The smallest absolute Gasteiger partial charge is 0.256 e. The lowest BCUT2D eigenvalue weighted by Crippen LogP contribution is -2.49. The molecule has 0 unspecified atom stereocenters. The molecule has 0 atom stereocenters. The van der Waals surface area contributed by atoms with Gasteiger partial charge in [0.2, 0.25) is 0 Å². The Balaban J connectivity index is 1.80. The van der Waals surface area contributed by atoms with E-state index in [9.17, 15) is 9.59 Å². The van der Waals surface area contributed by atoms with Gasteiger partial charge >= 0.3 is 0 Å². The third-order valence-corrected chi connectivity index (χ3v) is 5.66. The van der Waals surface area contributed by atoms with Gasteiger partial charge in [-0.1, -0.05) is 6.92 Å². The Morgan fingerprint density at radius 2 is 1.81 bits per heavy atom. The fourth-order valence-electron chi connectivity index (χ4n) is 4.09. The van der Waals surface area contributed by atoms with E-state index in [0.717, 1.165) is 63.2 Å². The van der Waals surface area contributed by atoms with E-state index in [-0.39, 0.29) is 11.5 Å². The molecule has 1 fully saturated rings. The first-order chi connectivity index (χ1) is 13.2. The van der Waals surface area contributed by atoms with Crippen LogP contribution in [-0.4, -0.2) is 63.0 Å². The topological polar surface area (TPSA) is 71.3 Å². The number of carbonyl (C=O) groups excluding carboxylic acids is 1. The minimum atomic E-state index is -0.0455. The molecule has 7 heteroatoms. The second-order valence-corrected chi connectivity index (χ2v) is 7.18. The molecule has 7 nitrogen and oxygen atoms in total. The predicted octanol–water partition coefficient (Wildman–Crippen LogP) is 1.42.